The van der Waals surface area contributed by atoms with Crippen molar-refractivity contribution >= 4 is 17.5 Å². The molecule has 0 atom stereocenters. The summed E-state index contributed by atoms with van der Waals surface area (Å²) in [6.07, 6.45) is 1.44. The number of halogens is 2. The van der Waals surface area contributed by atoms with Crippen molar-refractivity contribution in [1.29, 1.82) is 0 Å². The summed E-state index contributed by atoms with van der Waals surface area (Å²) in [5.74, 6) is -1.51. The van der Waals surface area contributed by atoms with Gasteiger partial charge in [0.25, 0.3) is 5.91 Å². The van der Waals surface area contributed by atoms with Crippen LogP contribution in [0.1, 0.15) is 29.9 Å². The monoisotopic (exact) mass is 365 g/mol. The highest BCUT2D eigenvalue weighted by atomic mass is 35.5. The average molecular weight is 366 g/mol. The molecule has 0 aliphatic carbocycles. The standard InChI is InChI=1S/C17H17ClFN3O3/c1-10(2)21-9-20(8-11-3-4-13(19)12(18)7-11)22-6-5-14(23)16(24)15(22)17(21)25/h3-7,10,24H,8-9H2,1-2H3. The van der Waals surface area contributed by atoms with E-state index in [0.29, 0.717) is 6.54 Å². The van der Waals surface area contributed by atoms with E-state index in [0.717, 1.165) is 5.56 Å². The van der Waals surface area contributed by atoms with E-state index in [2.05, 4.69) is 0 Å². The topological polar surface area (TPSA) is 65.8 Å². The SMILES string of the molecule is CC(C)N1CN(Cc2ccc(F)c(Cl)c2)n2ccc(=O)c(O)c2C1=O. The first-order valence-corrected chi connectivity index (χ1v) is 8.12. The Morgan fingerprint density at radius 1 is 1.28 bits per heavy atom. The number of carbonyl (C=O) groups is 1. The maximum atomic E-state index is 13.4. The molecule has 132 valence electrons. The zero-order chi connectivity index (χ0) is 18.3. The van der Waals surface area contributed by atoms with Crippen molar-refractivity contribution in [3.63, 3.8) is 0 Å². The molecule has 6 nitrogen and oxygen atoms in total. The number of benzene rings is 1. The van der Waals surface area contributed by atoms with Crippen LogP contribution in [0.3, 0.4) is 0 Å². The lowest BCUT2D eigenvalue weighted by molar-refractivity contribution is 0.0628. The smallest absolute Gasteiger partial charge is 0.278 e. The van der Waals surface area contributed by atoms with Gasteiger partial charge in [-0.1, -0.05) is 17.7 Å². The van der Waals surface area contributed by atoms with Crippen LogP contribution in [-0.2, 0) is 6.54 Å². The lowest BCUT2D eigenvalue weighted by Gasteiger charge is -2.41. The van der Waals surface area contributed by atoms with Gasteiger partial charge in [0.05, 0.1) is 11.6 Å². The van der Waals surface area contributed by atoms with Crippen LogP contribution in [-0.4, -0.2) is 33.3 Å². The van der Waals surface area contributed by atoms with Crippen LogP contribution in [0.5, 0.6) is 5.75 Å². The summed E-state index contributed by atoms with van der Waals surface area (Å²) in [5, 5.41) is 11.9. The number of hydrogen-bond acceptors (Lipinski definition) is 4. The number of pyridine rings is 1. The number of hydrogen-bond donors (Lipinski definition) is 1. The fourth-order valence-corrected chi connectivity index (χ4v) is 2.97. The van der Waals surface area contributed by atoms with Crippen molar-refractivity contribution in [3.05, 3.63) is 62.8 Å². The van der Waals surface area contributed by atoms with Crippen molar-refractivity contribution < 1.29 is 14.3 Å². The van der Waals surface area contributed by atoms with Crippen LogP contribution in [0.2, 0.25) is 5.02 Å². The Bertz CT molecular complexity index is 897. The predicted octanol–water partition coefficient (Wildman–Crippen LogP) is 2.31. The maximum Gasteiger partial charge on any atom is 0.278 e. The Balaban J connectivity index is 2.06. The Morgan fingerprint density at radius 3 is 2.64 bits per heavy atom. The number of aromatic nitrogens is 1. The highest BCUT2D eigenvalue weighted by Crippen LogP contribution is 2.23. The Labute approximate surface area is 148 Å². The van der Waals surface area contributed by atoms with Gasteiger partial charge in [-0.2, -0.15) is 0 Å². The molecule has 0 saturated carbocycles. The first-order valence-electron chi connectivity index (χ1n) is 7.74. The zero-order valence-electron chi connectivity index (χ0n) is 13.7. The van der Waals surface area contributed by atoms with Crippen molar-refractivity contribution in [1.82, 2.24) is 9.58 Å². The van der Waals surface area contributed by atoms with Crippen molar-refractivity contribution in [3.8, 4) is 5.75 Å². The quantitative estimate of drug-likeness (QED) is 0.906. The summed E-state index contributed by atoms with van der Waals surface area (Å²) >= 11 is 5.83. The molecular weight excluding hydrogens is 349 g/mol. The molecule has 1 aromatic heterocycles. The highest BCUT2D eigenvalue weighted by Gasteiger charge is 2.33. The predicted molar refractivity (Wildman–Crippen MR) is 91.9 cm³/mol. The van der Waals surface area contributed by atoms with Gasteiger partial charge < -0.3 is 10.0 Å². The van der Waals surface area contributed by atoms with Crippen LogP contribution in [0.4, 0.5) is 4.39 Å². The Morgan fingerprint density at radius 2 is 2.00 bits per heavy atom. The van der Waals surface area contributed by atoms with Gasteiger partial charge in [-0.3, -0.25) is 19.3 Å². The molecule has 1 amide bonds. The zero-order valence-corrected chi connectivity index (χ0v) is 14.5. The van der Waals surface area contributed by atoms with Crippen LogP contribution in [0, 0.1) is 5.82 Å². The highest BCUT2D eigenvalue weighted by molar-refractivity contribution is 6.30. The third-order valence-corrected chi connectivity index (χ3v) is 4.40. The van der Waals surface area contributed by atoms with Crippen LogP contribution < -0.4 is 10.4 Å². The van der Waals surface area contributed by atoms with E-state index in [1.807, 2.05) is 13.8 Å². The summed E-state index contributed by atoms with van der Waals surface area (Å²) in [4.78, 5) is 25.9. The summed E-state index contributed by atoms with van der Waals surface area (Å²) in [7, 11) is 0. The number of carbonyl (C=O) groups excluding carboxylic acids is 1. The van der Waals surface area contributed by atoms with E-state index in [1.54, 1.807) is 16.0 Å². The van der Waals surface area contributed by atoms with E-state index in [1.165, 1.54) is 29.1 Å². The Kier molecular flexibility index (Phi) is 4.43. The van der Waals surface area contributed by atoms with Crippen molar-refractivity contribution in [2.75, 3.05) is 11.7 Å². The third kappa shape index (κ3) is 3.07. The molecule has 0 fully saturated rings. The van der Waals surface area contributed by atoms with Gasteiger partial charge in [0.15, 0.2) is 11.4 Å². The van der Waals surface area contributed by atoms with Crippen molar-refractivity contribution in [2.45, 2.75) is 26.4 Å². The van der Waals surface area contributed by atoms with Gasteiger partial charge in [0, 0.05) is 18.3 Å². The molecular formula is C17H17ClFN3O3. The molecule has 8 heteroatoms. The molecule has 0 unspecified atom stereocenters. The van der Waals surface area contributed by atoms with Gasteiger partial charge in [0.1, 0.15) is 12.5 Å². The number of fused-ring (bicyclic) bond motifs is 1. The van der Waals surface area contributed by atoms with Gasteiger partial charge in [-0.15, -0.1) is 0 Å². The fourth-order valence-electron chi connectivity index (χ4n) is 2.77. The second-order valence-electron chi connectivity index (χ2n) is 6.14. The molecule has 3 rings (SSSR count). The molecule has 25 heavy (non-hydrogen) atoms. The number of nitrogens with zero attached hydrogens (tertiary/aromatic N) is 3. The van der Waals surface area contributed by atoms with E-state index in [4.69, 9.17) is 11.6 Å². The summed E-state index contributed by atoms with van der Waals surface area (Å²) < 4.78 is 14.8. The van der Waals surface area contributed by atoms with E-state index < -0.39 is 22.9 Å². The second kappa shape index (κ2) is 6.40. The lowest BCUT2D eigenvalue weighted by Crippen LogP contribution is -2.55. The molecule has 0 radical (unpaired) electrons. The molecule has 0 saturated heterocycles. The van der Waals surface area contributed by atoms with E-state index in [9.17, 15) is 19.1 Å². The Hall–Kier alpha value is -2.54. The first-order chi connectivity index (χ1) is 11.8. The number of rotatable bonds is 3. The minimum Gasteiger partial charge on any atom is -0.502 e. The molecule has 0 spiro atoms. The largest absolute Gasteiger partial charge is 0.502 e. The summed E-state index contributed by atoms with van der Waals surface area (Å²) in [5.41, 5.74) is 0.0317. The third-order valence-electron chi connectivity index (χ3n) is 4.11. The normalized spacial score (nSPS) is 14.2. The summed E-state index contributed by atoms with van der Waals surface area (Å²) in [6.45, 7) is 4.25. The molecule has 1 aliphatic rings. The number of amides is 1. The van der Waals surface area contributed by atoms with Gasteiger partial charge in [0.2, 0.25) is 5.43 Å². The number of aromatic hydroxyl groups is 1. The van der Waals surface area contributed by atoms with Crippen LogP contribution in [0.25, 0.3) is 0 Å². The minimum absolute atomic E-state index is 0.00859. The minimum atomic E-state index is -0.616. The fraction of sp³-hybridized carbons (Fsp3) is 0.294. The first kappa shape index (κ1) is 17.3. The van der Waals surface area contributed by atoms with Crippen LogP contribution in [0.15, 0.2) is 35.3 Å². The summed E-state index contributed by atoms with van der Waals surface area (Å²) in [6, 6.07) is 5.45. The van der Waals surface area contributed by atoms with Crippen molar-refractivity contribution in [2.24, 2.45) is 0 Å². The van der Waals surface area contributed by atoms with E-state index >= 15 is 0 Å². The van der Waals surface area contributed by atoms with Gasteiger partial charge in [-0.05, 0) is 31.5 Å². The molecule has 1 aromatic carbocycles. The molecule has 1 N–H and O–H groups in total. The molecule has 0 bridgehead atoms. The van der Waals surface area contributed by atoms with Gasteiger partial charge in [-0.25, -0.2) is 4.39 Å². The average Bonchev–Trinajstić information content (AvgIpc) is 2.56. The van der Waals surface area contributed by atoms with E-state index in [-0.39, 0.29) is 23.4 Å². The van der Waals surface area contributed by atoms with Gasteiger partial charge >= 0.3 is 0 Å². The molecule has 2 aromatic rings. The van der Waals surface area contributed by atoms with Crippen LogP contribution >= 0.6 is 11.6 Å². The second-order valence-corrected chi connectivity index (χ2v) is 6.55. The maximum absolute atomic E-state index is 13.4. The molecule has 2 heterocycles. The molecule has 1 aliphatic heterocycles. The lowest BCUT2D eigenvalue weighted by atomic mass is 10.2.